The topological polar surface area (TPSA) is 52.6 Å². The van der Waals surface area contributed by atoms with Crippen molar-refractivity contribution in [1.82, 2.24) is 0 Å². The molecule has 2 rings (SSSR count). The fourth-order valence-electron chi connectivity index (χ4n) is 3.31. The van der Waals surface area contributed by atoms with Crippen LogP contribution >= 0.6 is 0 Å². The Morgan fingerprint density at radius 2 is 1.37 bits per heavy atom. The molecule has 0 spiro atoms. The van der Waals surface area contributed by atoms with Gasteiger partial charge in [-0.1, -0.05) is 83.1 Å². The van der Waals surface area contributed by atoms with Crippen molar-refractivity contribution in [2.45, 2.75) is 71.6 Å². The van der Waals surface area contributed by atoms with Gasteiger partial charge in [0, 0.05) is 0 Å². The predicted octanol–water partition coefficient (Wildman–Crippen LogP) is 6.77. The average Bonchev–Trinajstić information content (AvgIpc) is 2.78. The Balaban J connectivity index is 1.83. The Morgan fingerprint density at radius 1 is 0.733 bits per heavy atom. The summed E-state index contributed by atoms with van der Waals surface area (Å²) in [6.07, 6.45) is 10.3. The quantitative estimate of drug-likeness (QED) is 0.208. The second-order valence-corrected chi connectivity index (χ2v) is 7.55. The molecule has 0 heterocycles. The molecule has 0 bridgehead atoms. The fourth-order valence-corrected chi connectivity index (χ4v) is 3.31. The number of unbranched alkanes of at least 4 members (excludes halogenated alkanes) is 7. The van der Waals surface area contributed by atoms with Crippen LogP contribution in [0.25, 0.3) is 0 Å². The van der Waals surface area contributed by atoms with Crippen molar-refractivity contribution in [2.24, 2.45) is 0 Å². The van der Waals surface area contributed by atoms with Gasteiger partial charge in [-0.15, -0.1) is 0 Å². The summed E-state index contributed by atoms with van der Waals surface area (Å²) in [6, 6.07) is 14.0. The predicted molar refractivity (Wildman–Crippen MR) is 120 cm³/mol. The summed E-state index contributed by atoms with van der Waals surface area (Å²) in [4.78, 5) is 25.1. The van der Waals surface area contributed by atoms with E-state index in [-0.39, 0.29) is 11.1 Å². The molecule has 2 aromatic rings. The molecule has 0 amide bonds. The highest BCUT2D eigenvalue weighted by molar-refractivity contribution is 6.03. The smallest absolute Gasteiger partial charge is 0.344 e. The summed E-state index contributed by atoms with van der Waals surface area (Å²) < 4.78 is 10.9. The molecular weight excluding hydrogens is 376 g/mol. The first kappa shape index (κ1) is 23.7. The number of hydrogen-bond donors (Lipinski definition) is 0. The van der Waals surface area contributed by atoms with Crippen molar-refractivity contribution in [3.63, 3.8) is 0 Å². The molecular formula is C26H34O4. The van der Waals surface area contributed by atoms with Gasteiger partial charge < -0.3 is 9.47 Å². The van der Waals surface area contributed by atoms with Crippen LogP contribution in [0.4, 0.5) is 0 Å². The van der Waals surface area contributed by atoms with E-state index in [1.54, 1.807) is 30.3 Å². The van der Waals surface area contributed by atoms with Gasteiger partial charge in [0.25, 0.3) is 0 Å². The highest BCUT2D eigenvalue weighted by atomic mass is 16.5. The summed E-state index contributed by atoms with van der Waals surface area (Å²) in [7, 11) is 0. The van der Waals surface area contributed by atoms with Crippen LogP contribution in [0.5, 0.6) is 5.75 Å². The zero-order valence-electron chi connectivity index (χ0n) is 18.3. The molecule has 0 atom stereocenters. The second-order valence-electron chi connectivity index (χ2n) is 7.55. The summed E-state index contributed by atoms with van der Waals surface area (Å²) >= 11 is 0. The molecule has 0 aromatic heterocycles. The minimum atomic E-state index is -0.553. The molecule has 0 unspecified atom stereocenters. The Kier molecular flexibility index (Phi) is 10.7. The maximum atomic E-state index is 12.6. The Morgan fingerprint density at radius 3 is 2.03 bits per heavy atom. The van der Waals surface area contributed by atoms with E-state index in [1.807, 2.05) is 25.1 Å². The first-order valence-corrected chi connectivity index (χ1v) is 11.2. The van der Waals surface area contributed by atoms with Crippen LogP contribution in [0.15, 0.2) is 48.5 Å². The summed E-state index contributed by atoms with van der Waals surface area (Å²) in [5.74, 6) is -0.558. The molecule has 0 fully saturated rings. The standard InChI is InChI=1S/C26H34O4/c1-3-5-6-7-8-9-10-13-19-29-25(27)23-17-11-12-18-24(23)26(28)30-22-16-14-15-21(4-2)20-22/h11-12,14-18,20H,3-10,13,19H2,1-2H3. The maximum Gasteiger partial charge on any atom is 0.344 e. The molecule has 0 saturated heterocycles. The number of hydrogen-bond acceptors (Lipinski definition) is 4. The van der Waals surface area contributed by atoms with Gasteiger partial charge in [-0.25, -0.2) is 9.59 Å². The third-order valence-corrected chi connectivity index (χ3v) is 5.12. The SMILES string of the molecule is CCCCCCCCCCOC(=O)c1ccccc1C(=O)Oc1cccc(CC)c1. The second kappa shape index (κ2) is 13.6. The number of ether oxygens (including phenoxy) is 2. The highest BCUT2D eigenvalue weighted by Gasteiger charge is 2.19. The number of carbonyl (C=O) groups excluding carboxylic acids is 2. The minimum absolute atomic E-state index is 0.223. The Bertz CT molecular complexity index is 797. The van der Waals surface area contributed by atoms with Crippen molar-refractivity contribution in [2.75, 3.05) is 6.61 Å². The Hall–Kier alpha value is -2.62. The van der Waals surface area contributed by atoms with Crippen molar-refractivity contribution < 1.29 is 19.1 Å². The number of esters is 2. The van der Waals surface area contributed by atoms with E-state index in [0.717, 1.165) is 24.8 Å². The van der Waals surface area contributed by atoms with Crippen molar-refractivity contribution in [3.05, 3.63) is 65.2 Å². The largest absolute Gasteiger partial charge is 0.462 e. The average molecular weight is 411 g/mol. The maximum absolute atomic E-state index is 12.6. The molecule has 4 heteroatoms. The van der Waals surface area contributed by atoms with Crippen LogP contribution in [0.2, 0.25) is 0 Å². The van der Waals surface area contributed by atoms with Gasteiger partial charge in [-0.05, 0) is 42.7 Å². The molecule has 30 heavy (non-hydrogen) atoms. The summed E-state index contributed by atoms with van der Waals surface area (Å²) in [5.41, 5.74) is 1.55. The molecule has 0 aliphatic rings. The van der Waals surface area contributed by atoms with E-state index < -0.39 is 11.9 Å². The van der Waals surface area contributed by atoms with Crippen LogP contribution in [0, 0.1) is 0 Å². The van der Waals surface area contributed by atoms with Crippen LogP contribution in [0.1, 0.15) is 91.5 Å². The lowest BCUT2D eigenvalue weighted by atomic mass is 10.1. The molecule has 0 saturated carbocycles. The summed E-state index contributed by atoms with van der Waals surface area (Å²) in [5, 5.41) is 0. The Labute approximate surface area is 180 Å². The molecule has 0 N–H and O–H groups in total. The molecule has 0 radical (unpaired) electrons. The highest BCUT2D eigenvalue weighted by Crippen LogP contribution is 2.18. The molecule has 0 aliphatic heterocycles. The van der Waals surface area contributed by atoms with Gasteiger partial charge in [-0.2, -0.15) is 0 Å². The molecule has 162 valence electrons. The van der Waals surface area contributed by atoms with Crippen molar-refractivity contribution >= 4 is 11.9 Å². The van der Waals surface area contributed by atoms with Crippen LogP contribution in [-0.2, 0) is 11.2 Å². The molecule has 0 aliphatic carbocycles. The number of carbonyl (C=O) groups is 2. The van der Waals surface area contributed by atoms with Crippen molar-refractivity contribution in [3.8, 4) is 5.75 Å². The van der Waals surface area contributed by atoms with E-state index in [0.29, 0.717) is 12.4 Å². The molecule has 4 nitrogen and oxygen atoms in total. The molecule has 2 aromatic carbocycles. The first-order chi connectivity index (χ1) is 14.7. The third-order valence-electron chi connectivity index (χ3n) is 5.12. The van der Waals surface area contributed by atoms with Gasteiger partial charge >= 0.3 is 11.9 Å². The lowest BCUT2D eigenvalue weighted by molar-refractivity contribution is 0.0489. The lowest BCUT2D eigenvalue weighted by Crippen LogP contribution is -2.16. The first-order valence-electron chi connectivity index (χ1n) is 11.2. The van der Waals surface area contributed by atoms with Crippen molar-refractivity contribution in [1.29, 1.82) is 0 Å². The number of benzene rings is 2. The van der Waals surface area contributed by atoms with Gasteiger partial charge in [0.1, 0.15) is 5.75 Å². The van der Waals surface area contributed by atoms with E-state index in [4.69, 9.17) is 9.47 Å². The number of aryl methyl sites for hydroxylation is 1. The van der Waals surface area contributed by atoms with Crippen LogP contribution < -0.4 is 4.74 Å². The van der Waals surface area contributed by atoms with Crippen LogP contribution in [0.3, 0.4) is 0 Å². The lowest BCUT2D eigenvalue weighted by Gasteiger charge is -2.10. The monoisotopic (exact) mass is 410 g/mol. The van der Waals surface area contributed by atoms with E-state index in [2.05, 4.69) is 6.92 Å². The fraction of sp³-hybridized carbons (Fsp3) is 0.462. The van der Waals surface area contributed by atoms with E-state index in [1.165, 1.54) is 38.5 Å². The van der Waals surface area contributed by atoms with Gasteiger partial charge in [-0.3, -0.25) is 0 Å². The third kappa shape index (κ3) is 8.02. The zero-order valence-corrected chi connectivity index (χ0v) is 18.3. The minimum Gasteiger partial charge on any atom is -0.462 e. The normalized spacial score (nSPS) is 10.6. The number of rotatable bonds is 13. The van der Waals surface area contributed by atoms with Gasteiger partial charge in [0.2, 0.25) is 0 Å². The van der Waals surface area contributed by atoms with E-state index >= 15 is 0 Å². The van der Waals surface area contributed by atoms with E-state index in [9.17, 15) is 9.59 Å². The van der Waals surface area contributed by atoms with Gasteiger partial charge in [0.05, 0.1) is 17.7 Å². The summed E-state index contributed by atoms with van der Waals surface area (Å²) in [6.45, 7) is 4.63. The van der Waals surface area contributed by atoms with Gasteiger partial charge in [0.15, 0.2) is 0 Å². The van der Waals surface area contributed by atoms with Crippen LogP contribution in [-0.4, -0.2) is 18.5 Å². The zero-order chi connectivity index (χ0) is 21.6.